The number of methoxy groups -OCH3 is 3. The Labute approximate surface area is 200 Å². The first-order chi connectivity index (χ1) is 16.5. The summed E-state index contributed by atoms with van der Waals surface area (Å²) in [5, 5.41) is 3.21. The van der Waals surface area contributed by atoms with E-state index < -0.39 is 6.04 Å². The van der Waals surface area contributed by atoms with Crippen molar-refractivity contribution in [1.29, 1.82) is 0 Å². The summed E-state index contributed by atoms with van der Waals surface area (Å²) >= 11 is 0. The molecule has 2 aromatic rings. The van der Waals surface area contributed by atoms with Crippen LogP contribution < -0.4 is 19.5 Å². The van der Waals surface area contributed by atoms with E-state index in [1.807, 2.05) is 19.1 Å². The van der Waals surface area contributed by atoms with Gasteiger partial charge in [-0.3, -0.25) is 14.5 Å². The Hall–Kier alpha value is -3.48. The quantitative estimate of drug-likeness (QED) is 0.670. The zero-order valence-corrected chi connectivity index (χ0v) is 20.2. The topological polar surface area (TPSA) is 77.1 Å². The molecule has 2 aliphatic rings. The average Bonchev–Trinajstić information content (AvgIpc) is 2.87. The molecule has 0 bridgehead atoms. The molecule has 34 heavy (non-hydrogen) atoms. The van der Waals surface area contributed by atoms with Crippen molar-refractivity contribution in [2.45, 2.75) is 51.1 Å². The molecule has 1 saturated carbocycles. The molecule has 1 atom stereocenters. The number of hydrogen-bond acceptors (Lipinski definition) is 5. The van der Waals surface area contributed by atoms with Gasteiger partial charge in [0.05, 0.1) is 21.3 Å². The number of carbonyl (C=O) groups is 2. The van der Waals surface area contributed by atoms with E-state index in [-0.39, 0.29) is 17.9 Å². The number of benzene rings is 2. The summed E-state index contributed by atoms with van der Waals surface area (Å²) in [5.74, 6) is 1.31. The highest BCUT2D eigenvalue weighted by Gasteiger charge is 2.37. The SMILES string of the molecule is COc1ccc(C(=O)N2C=C(C)c3cc(OC)c(OC)cc3C2C(=O)NC2CCCCC2)cc1. The fraction of sp³-hybridized carbons (Fsp3) is 0.407. The lowest BCUT2D eigenvalue weighted by molar-refractivity contribution is -0.126. The molecule has 0 saturated heterocycles. The minimum Gasteiger partial charge on any atom is -0.497 e. The number of ether oxygens (including phenoxy) is 3. The van der Waals surface area contributed by atoms with Crippen LogP contribution in [0.4, 0.5) is 0 Å². The Morgan fingerprint density at radius 2 is 1.56 bits per heavy atom. The Morgan fingerprint density at radius 3 is 2.18 bits per heavy atom. The number of nitrogens with one attached hydrogen (secondary N) is 1. The van der Waals surface area contributed by atoms with Gasteiger partial charge in [0.1, 0.15) is 11.8 Å². The summed E-state index contributed by atoms with van der Waals surface area (Å²) in [6, 6.07) is 9.89. The number of allylic oxidation sites excluding steroid dienone is 1. The molecule has 1 heterocycles. The van der Waals surface area contributed by atoms with E-state index in [0.29, 0.717) is 28.4 Å². The van der Waals surface area contributed by atoms with Crippen LogP contribution in [0.3, 0.4) is 0 Å². The predicted octanol–water partition coefficient (Wildman–Crippen LogP) is 4.72. The van der Waals surface area contributed by atoms with Crippen LogP contribution in [0.25, 0.3) is 5.57 Å². The van der Waals surface area contributed by atoms with Crippen LogP contribution in [0.1, 0.15) is 66.6 Å². The van der Waals surface area contributed by atoms with E-state index in [9.17, 15) is 9.59 Å². The van der Waals surface area contributed by atoms with Gasteiger partial charge in [0.2, 0.25) is 5.91 Å². The Bertz CT molecular complexity index is 1090. The van der Waals surface area contributed by atoms with Crippen molar-refractivity contribution < 1.29 is 23.8 Å². The van der Waals surface area contributed by atoms with Gasteiger partial charge in [-0.2, -0.15) is 0 Å². The lowest BCUT2D eigenvalue weighted by atomic mass is 9.89. The summed E-state index contributed by atoms with van der Waals surface area (Å²) in [4.78, 5) is 28.9. The first-order valence-electron chi connectivity index (χ1n) is 11.7. The first kappa shape index (κ1) is 23.7. The van der Waals surface area contributed by atoms with Crippen molar-refractivity contribution in [2.24, 2.45) is 0 Å². The van der Waals surface area contributed by atoms with Gasteiger partial charge in [-0.1, -0.05) is 19.3 Å². The van der Waals surface area contributed by atoms with Crippen LogP contribution in [-0.2, 0) is 4.79 Å². The minimum absolute atomic E-state index is 0.120. The average molecular weight is 465 g/mol. The second-order valence-electron chi connectivity index (χ2n) is 8.79. The number of nitrogens with zero attached hydrogens (tertiary/aromatic N) is 1. The molecule has 4 rings (SSSR count). The number of fused-ring (bicyclic) bond motifs is 1. The molecule has 0 aromatic heterocycles. The van der Waals surface area contributed by atoms with Gasteiger partial charge in [-0.15, -0.1) is 0 Å². The van der Waals surface area contributed by atoms with Gasteiger partial charge in [-0.25, -0.2) is 0 Å². The van der Waals surface area contributed by atoms with E-state index in [1.54, 1.807) is 51.8 Å². The van der Waals surface area contributed by atoms with Gasteiger partial charge >= 0.3 is 0 Å². The van der Waals surface area contributed by atoms with E-state index in [2.05, 4.69) is 5.32 Å². The summed E-state index contributed by atoms with van der Waals surface area (Å²) < 4.78 is 16.2. The van der Waals surface area contributed by atoms with Crippen molar-refractivity contribution in [2.75, 3.05) is 21.3 Å². The van der Waals surface area contributed by atoms with Gasteiger partial charge in [0, 0.05) is 17.8 Å². The predicted molar refractivity (Wildman–Crippen MR) is 130 cm³/mol. The Balaban J connectivity index is 1.76. The molecule has 1 fully saturated rings. The van der Waals surface area contributed by atoms with Gasteiger partial charge < -0.3 is 19.5 Å². The zero-order chi connectivity index (χ0) is 24.2. The molecule has 0 spiro atoms. The third-order valence-electron chi connectivity index (χ3n) is 6.66. The summed E-state index contributed by atoms with van der Waals surface area (Å²) in [7, 11) is 4.73. The molecular weight excluding hydrogens is 432 g/mol. The fourth-order valence-corrected chi connectivity index (χ4v) is 4.82. The molecule has 7 nitrogen and oxygen atoms in total. The molecular formula is C27H32N2O5. The summed E-state index contributed by atoms with van der Waals surface area (Å²) in [6.45, 7) is 1.92. The smallest absolute Gasteiger partial charge is 0.258 e. The van der Waals surface area contributed by atoms with Crippen molar-refractivity contribution in [3.05, 3.63) is 59.3 Å². The number of amides is 2. The van der Waals surface area contributed by atoms with Crippen molar-refractivity contribution in [1.82, 2.24) is 10.2 Å². The minimum atomic E-state index is -0.824. The van der Waals surface area contributed by atoms with Gasteiger partial charge in [0.25, 0.3) is 5.91 Å². The maximum Gasteiger partial charge on any atom is 0.258 e. The summed E-state index contributed by atoms with van der Waals surface area (Å²) in [6.07, 6.45) is 7.07. The van der Waals surface area contributed by atoms with Crippen molar-refractivity contribution >= 4 is 17.4 Å². The fourth-order valence-electron chi connectivity index (χ4n) is 4.82. The van der Waals surface area contributed by atoms with Crippen LogP contribution in [0.2, 0.25) is 0 Å². The maximum atomic E-state index is 13.7. The second kappa shape index (κ2) is 10.2. The molecule has 1 N–H and O–H groups in total. The highest BCUT2D eigenvalue weighted by molar-refractivity contribution is 6.01. The molecule has 0 radical (unpaired) electrons. The standard InChI is InChI=1S/C27H32N2O5/c1-17-16-29(27(31)18-10-12-20(32-2)13-11-18)25(26(30)28-19-8-6-5-7-9-19)22-15-24(34-4)23(33-3)14-21(17)22/h10-16,19,25H,5-9H2,1-4H3,(H,28,30). The lowest BCUT2D eigenvalue weighted by Crippen LogP contribution is -2.46. The highest BCUT2D eigenvalue weighted by Crippen LogP contribution is 2.42. The third kappa shape index (κ3) is 4.60. The molecule has 1 aliphatic carbocycles. The van der Waals surface area contributed by atoms with Crippen LogP contribution in [0.5, 0.6) is 17.2 Å². The van der Waals surface area contributed by atoms with Crippen LogP contribution in [0.15, 0.2) is 42.6 Å². The van der Waals surface area contributed by atoms with E-state index in [1.165, 1.54) is 11.3 Å². The Kier molecular flexibility index (Phi) is 7.10. The van der Waals surface area contributed by atoms with Crippen LogP contribution in [-0.4, -0.2) is 44.1 Å². The number of rotatable bonds is 6. The zero-order valence-electron chi connectivity index (χ0n) is 20.2. The normalized spacial score (nSPS) is 17.9. The van der Waals surface area contributed by atoms with Crippen LogP contribution in [0, 0.1) is 0 Å². The summed E-state index contributed by atoms with van der Waals surface area (Å²) in [5.41, 5.74) is 2.91. The largest absolute Gasteiger partial charge is 0.497 e. The monoisotopic (exact) mass is 464 g/mol. The molecule has 7 heteroatoms. The molecule has 1 aliphatic heterocycles. The number of carbonyl (C=O) groups excluding carboxylic acids is 2. The van der Waals surface area contributed by atoms with Gasteiger partial charge in [0.15, 0.2) is 11.5 Å². The molecule has 1 unspecified atom stereocenters. The van der Waals surface area contributed by atoms with Gasteiger partial charge in [-0.05, 0) is 72.9 Å². The maximum absolute atomic E-state index is 13.7. The third-order valence-corrected chi connectivity index (χ3v) is 6.66. The molecule has 2 amide bonds. The number of hydrogen-bond donors (Lipinski definition) is 1. The molecule has 180 valence electrons. The second-order valence-corrected chi connectivity index (χ2v) is 8.79. The van der Waals surface area contributed by atoms with E-state index in [0.717, 1.165) is 36.8 Å². The highest BCUT2D eigenvalue weighted by atomic mass is 16.5. The molecule has 2 aromatic carbocycles. The van der Waals surface area contributed by atoms with Crippen molar-refractivity contribution in [3.8, 4) is 17.2 Å². The Morgan fingerprint density at radius 1 is 0.912 bits per heavy atom. The van der Waals surface area contributed by atoms with E-state index in [4.69, 9.17) is 14.2 Å². The lowest BCUT2D eigenvalue weighted by Gasteiger charge is -2.36. The first-order valence-corrected chi connectivity index (χ1v) is 11.7. The van der Waals surface area contributed by atoms with Crippen molar-refractivity contribution in [3.63, 3.8) is 0 Å². The van der Waals surface area contributed by atoms with Crippen LogP contribution >= 0.6 is 0 Å². The van der Waals surface area contributed by atoms with E-state index >= 15 is 0 Å².